The molecule has 0 bridgehead atoms. The Morgan fingerprint density at radius 3 is 2.41 bits per heavy atom. The summed E-state index contributed by atoms with van der Waals surface area (Å²) in [5.41, 5.74) is 0.0342. The zero-order valence-electron chi connectivity index (χ0n) is 25.9. The molecule has 3 amide bonds. The molecule has 1 aliphatic heterocycles. The molecular weight excluding hydrogens is 631 g/mol. The second-order valence-corrected chi connectivity index (χ2v) is 13.0. The highest BCUT2D eigenvalue weighted by molar-refractivity contribution is 7.92. The molecule has 3 aromatic rings. The first kappa shape index (κ1) is 34.6. The Kier molecular flexibility index (Phi) is 10.2. The van der Waals surface area contributed by atoms with Gasteiger partial charge < -0.3 is 29.5 Å². The molecule has 0 saturated heterocycles. The number of carbonyl (C=O) groups is 2. The number of carbonyl (C=O) groups excluding carboxylic acids is 2. The lowest BCUT2D eigenvalue weighted by molar-refractivity contribution is -0.137. The van der Waals surface area contributed by atoms with Crippen LogP contribution in [0.4, 0.5) is 29.3 Å². The molecule has 1 aromatic heterocycles. The normalized spacial score (nSPS) is 18.0. The van der Waals surface area contributed by atoms with Gasteiger partial charge in [0.25, 0.3) is 10.0 Å². The first-order valence-corrected chi connectivity index (χ1v) is 15.8. The van der Waals surface area contributed by atoms with Crippen LogP contribution in [0.25, 0.3) is 0 Å². The van der Waals surface area contributed by atoms with Crippen LogP contribution < -0.4 is 14.8 Å². The zero-order chi connectivity index (χ0) is 34.0. The molecule has 0 unspecified atom stereocenters. The number of benzene rings is 2. The van der Waals surface area contributed by atoms with E-state index in [4.69, 9.17) is 9.26 Å². The lowest BCUT2D eigenvalue weighted by Gasteiger charge is -2.34. The predicted octanol–water partition coefficient (Wildman–Crippen LogP) is 4.42. The number of aryl methyl sites for hydroxylation is 2. The quantitative estimate of drug-likeness (QED) is 0.319. The highest BCUT2D eigenvalue weighted by Gasteiger charge is 2.33. The summed E-state index contributed by atoms with van der Waals surface area (Å²) in [4.78, 5) is 29.2. The first-order chi connectivity index (χ1) is 21.5. The van der Waals surface area contributed by atoms with E-state index in [9.17, 15) is 36.3 Å². The maximum Gasteiger partial charge on any atom is 0.416 e. The number of urea groups is 1. The van der Waals surface area contributed by atoms with Crippen molar-refractivity contribution in [2.45, 2.75) is 57.3 Å². The minimum absolute atomic E-state index is 0.0169. The van der Waals surface area contributed by atoms with E-state index in [2.05, 4.69) is 15.2 Å². The van der Waals surface area contributed by atoms with E-state index >= 15 is 0 Å². The summed E-state index contributed by atoms with van der Waals surface area (Å²) >= 11 is 0. The molecule has 0 aliphatic carbocycles. The predicted molar refractivity (Wildman–Crippen MR) is 162 cm³/mol. The smallest absolute Gasteiger partial charge is 0.416 e. The van der Waals surface area contributed by atoms with Gasteiger partial charge in [-0.1, -0.05) is 12.1 Å². The molecule has 46 heavy (non-hydrogen) atoms. The molecular formula is C30H36F3N5O7S. The fourth-order valence-electron chi connectivity index (χ4n) is 5.09. The molecule has 3 atom stereocenters. The summed E-state index contributed by atoms with van der Waals surface area (Å²) in [5, 5.41) is 16.1. The summed E-state index contributed by atoms with van der Waals surface area (Å²) < 4.78 is 78.9. The van der Waals surface area contributed by atoms with E-state index in [0.29, 0.717) is 11.3 Å². The van der Waals surface area contributed by atoms with Gasteiger partial charge in [-0.25, -0.2) is 13.2 Å². The van der Waals surface area contributed by atoms with E-state index in [0.717, 1.165) is 24.3 Å². The number of nitrogens with zero attached hydrogens (tertiary/aromatic N) is 3. The number of anilines is 2. The summed E-state index contributed by atoms with van der Waals surface area (Å²) in [6.45, 7) is 6.39. The van der Waals surface area contributed by atoms with E-state index < -0.39 is 39.9 Å². The van der Waals surface area contributed by atoms with Gasteiger partial charge >= 0.3 is 12.2 Å². The summed E-state index contributed by atoms with van der Waals surface area (Å²) in [5.74, 6) is -0.273. The number of amides is 3. The number of hydrogen-bond donors (Lipinski definition) is 3. The third kappa shape index (κ3) is 7.91. The SMILES string of the molecule is Cc1noc(C)c1S(=O)(=O)Nc1ccc2c(c1)CC(=O)N([C@@H](C)CO)C[C@H](C)[C@H](CN(C)C(=O)Nc1ccc(C(F)(F)F)cc1)O2. The molecule has 3 N–H and O–H groups in total. The standard InChI is InChI=1S/C30H36F3N5O7S/c1-17-14-38(18(2)16-39)27(40)13-21-12-24(36-46(42,43)28-19(3)35-45-20(28)4)10-11-25(21)44-26(17)15-37(5)29(41)34-23-8-6-22(7-9-23)30(31,32)33/h6-12,17-18,26,36,39H,13-16H2,1-5H3,(H,34,41)/t17-,18-,26-/m0/s1. The Bertz CT molecular complexity index is 1660. The van der Waals surface area contributed by atoms with Crippen molar-refractivity contribution in [1.82, 2.24) is 15.0 Å². The number of likely N-dealkylation sites (N-methyl/N-ethyl adjacent to an activating group) is 1. The Labute approximate surface area is 264 Å². The maximum absolute atomic E-state index is 13.5. The highest BCUT2D eigenvalue weighted by Crippen LogP contribution is 2.32. The number of alkyl halides is 3. The number of aliphatic hydroxyl groups excluding tert-OH is 1. The number of ether oxygens (including phenoxy) is 1. The van der Waals surface area contributed by atoms with E-state index in [1.54, 1.807) is 6.92 Å². The molecule has 16 heteroatoms. The molecule has 1 aliphatic rings. The van der Waals surface area contributed by atoms with Gasteiger partial charge in [-0.2, -0.15) is 13.2 Å². The molecule has 4 rings (SSSR count). The third-order valence-corrected chi connectivity index (χ3v) is 9.29. The number of nitrogens with one attached hydrogen (secondary N) is 2. The second-order valence-electron chi connectivity index (χ2n) is 11.4. The van der Waals surface area contributed by atoms with E-state index in [1.165, 1.54) is 48.9 Å². The van der Waals surface area contributed by atoms with Crippen molar-refractivity contribution < 1.29 is 45.5 Å². The fraction of sp³-hybridized carbons (Fsp3) is 0.433. The number of fused-ring (bicyclic) bond motifs is 1. The Hall–Kier alpha value is -4.31. The molecule has 2 aromatic carbocycles. The van der Waals surface area contributed by atoms with E-state index in [1.807, 2.05) is 6.92 Å². The largest absolute Gasteiger partial charge is 0.488 e. The molecule has 0 fully saturated rings. The molecule has 12 nitrogen and oxygen atoms in total. The monoisotopic (exact) mass is 667 g/mol. The number of sulfonamides is 1. The van der Waals surface area contributed by atoms with Crippen LogP contribution in [0.3, 0.4) is 0 Å². The van der Waals surface area contributed by atoms with Crippen LogP contribution in [-0.2, 0) is 27.4 Å². The zero-order valence-corrected chi connectivity index (χ0v) is 26.7. The van der Waals surface area contributed by atoms with Gasteiger partial charge in [0.1, 0.15) is 17.5 Å². The summed E-state index contributed by atoms with van der Waals surface area (Å²) in [7, 11) is -2.59. The number of aromatic nitrogens is 1. The van der Waals surface area contributed by atoms with Crippen LogP contribution in [0.1, 0.15) is 36.4 Å². The van der Waals surface area contributed by atoms with Gasteiger partial charge in [0.2, 0.25) is 5.91 Å². The average molecular weight is 668 g/mol. The lowest BCUT2D eigenvalue weighted by atomic mass is 10.0. The number of rotatable bonds is 8. The van der Waals surface area contributed by atoms with Gasteiger partial charge in [-0.3, -0.25) is 9.52 Å². The van der Waals surface area contributed by atoms with Crippen molar-refractivity contribution >= 4 is 33.3 Å². The van der Waals surface area contributed by atoms with Crippen molar-refractivity contribution in [3.63, 3.8) is 0 Å². The molecule has 0 radical (unpaired) electrons. The molecule has 0 saturated carbocycles. The molecule has 0 spiro atoms. The van der Waals surface area contributed by atoms with Crippen molar-refractivity contribution in [3.05, 3.63) is 65.0 Å². The number of aliphatic hydroxyl groups is 1. The van der Waals surface area contributed by atoms with Crippen LogP contribution in [-0.4, -0.2) is 79.3 Å². The summed E-state index contributed by atoms with van der Waals surface area (Å²) in [6, 6.07) is 7.39. The van der Waals surface area contributed by atoms with Gasteiger partial charge in [0, 0.05) is 36.4 Å². The molecule has 250 valence electrons. The average Bonchev–Trinajstić information content (AvgIpc) is 3.35. The first-order valence-electron chi connectivity index (χ1n) is 14.3. The van der Waals surface area contributed by atoms with Crippen molar-refractivity contribution in [3.8, 4) is 5.75 Å². The van der Waals surface area contributed by atoms with Crippen molar-refractivity contribution in [2.24, 2.45) is 5.92 Å². The van der Waals surface area contributed by atoms with Gasteiger partial charge in [0.15, 0.2) is 10.7 Å². The number of halogens is 3. The van der Waals surface area contributed by atoms with E-state index in [-0.39, 0.29) is 65.7 Å². The third-order valence-electron chi connectivity index (χ3n) is 7.67. The maximum atomic E-state index is 13.5. The van der Waals surface area contributed by atoms with Crippen molar-refractivity contribution in [2.75, 3.05) is 36.8 Å². The minimum Gasteiger partial charge on any atom is -0.488 e. The van der Waals surface area contributed by atoms with Crippen LogP contribution >= 0.6 is 0 Å². The number of hydrogen-bond acceptors (Lipinski definition) is 8. The minimum atomic E-state index is -4.51. The fourth-order valence-corrected chi connectivity index (χ4v) is 6.47. The van der Waals surface area contributed by atoms with Crippen LogP contribution in [0, 0.1) is 19.8 Å². The van der Waals surface area contributed by atoms with Crippen LogP contribution in [0.15, 0.2) is 51.9 Å². The Balaban J connectivity index is 1.60. The highest BCUT2D eigenvalue weighted by atomic mass is 32.2. The second kappa shape index (κ2) is 13.6. The van der Waals surface area contributed by atoms with Gasteiger partial charge in [-0.05, 0) is 63.2 Å². The van der Waals surface area contributed by atoms with Gasteiger partial charge in [0.05, 0.1) is 31.2 Å². The summed E-state index contributed by atoms with van der Waals surface area (Å²) in [6.07, 6.45) is -5.36. The lowest BCUT2D eigenvalue weighted by Crippen LogP contribution is -2.48. The van der Waals surface area contributed by atoms with Crippen LogP contribution in [0.5, 0.6) is 5.75 Å². The van der Waals surface area contributed by atoms with Crippen molar-refractivity contribution in [1.29, 1.82) is 0 Å². The van der Waals surface area contributed by atoms with Gasteiger partial charge in [-0.15, -0.1) is 0 Å². The van der Waals surface area contributed by atoms with Crippen LogP contribution in [0.2, 0.25) is 0 Å². The topological polar surface area (TPSA) is 154 Å². The Morgan fingerprint density at radius 2 is 1.83 bits per heavy atom. The Morgan fingerprint density at radius 1 is 1.17 bits per heavy atom. The molecule has 2 heterocycles.